The number of nitrogens with two attached hydrogens (primary N) is 1. The minimum absolute atomic E-state index is 0.618. The minimum atomic E-state index is 0.618. The molecule has 0 saturated heterocycles. The van der Waals surface area contributed by atoms with Crippen molar-refractivity contribution in [2.75, 3.05) is 5.73 Å². The van der Waals surface area contributed by atoms with Crippen LogP contribution in [0.4, 0.5) is 5.69 Å². The van der Waals surface area contributed by atoms with E-state index in [2.05, 4.69) is 14.8 Å². The first-order valence-corrected chi connectivity index (χ1v) is 9.20. The first kappa shape index (κ1) is 15.3. The number of hydrogen-bond donors (Lipinski definition) is 1. The molecular weight excluding hydrogens is 320 g/mol. The largest absolute Gasteiger partial charge is 0.472 e. The van der Waals surface area contributed by atoms with Crippen LogP contribution in [0.15, 0.2) is 52.4 Å². The molecule has 3 aromatic rings. The Hall–Kier alpha value is -2.21. The predicted molar refractivity (Wildman–Crippen MR) is 96.2 cm³/mol. The number of anilines is 1. The van der Waals surface area contributed by atoms with Crippen LogP contribution in [-0.4, -0.2) is 20.0 Å². The van der Waals surface area contributed by atoms with Gasteiger partial charge in [-0.05, 0) is 43.2 Å². The topological polar surface area (TPSA) is 69.9 Å². The van der Waals surface area contributed by atoms with Crippen LogP contribution < -0.4 is 5.73 Å². The van der Waals surface area contributed by atoms with Crippen LogP contribution in [0.5, 0.6) is 0 Å². The third kappa shape index (κ3) is 3.06. The molecule has 0 unspecified atom stereocenters. The highest BCUT2D eigenvalue weighted by Gasteiger charge is 2.22. The summed E-state index contributed by atoms with van der Waals surface area (Å²) in [5.74, 6) is 0.798. The number of rotatable bonds is 4. The summed E-state index contributed by atoms with van der Waals surface area (Å²) in [5, 5.41) is 10.4. The van der Waals surface area contributed by atoms with E-state index in [0.717, 1.165) is 27.9 Å². The molecule has 5 nitrogen and oxygen atoms in total. The predicted octanol–water partition coefficient (Wildman–Crippen LogP) is 4.53. The number of hydrogen-bond acceptors (Lipinski definition) is 5. The smallest absolute Gasteiger partial charge is 0.196 e. The minimum Gasteiger partial charge on any atom is -0.472 e. The van der Waals surface area contributed by atoms with E-state index in [0.29, 0.717) is 5.25 Å². The van der Waals surface area contributed by atoms with Crippen LogP contribution in [0, 0.1) is 0 Å². The number of thioether (sulfide) groups is 1. The summed E-state index contributed by atoms with van der Waals surface area (Å²) in [7, 11) is 0. The van der Waals surface area contributed by atoms with Crippen LogP contribution in [0.3, 0.4) is 0 Å². The van der Waals surface area contributed by atoms with Gasteiger partial charge in [-0.2, -0.15) is 0 Å². The van der Waals surface area contributed by atoms with E-state index in [1.165, 1.54) is 32.1 Å². The van der Waals surface area contributed by atoms with Gasteiger partial charge in [0.2, 0.25) is 0 Å². The van der Waals surface area contributed by atoms with Gasteiger partial charge in [-0.1, -0.05) is 31.0 Å². The second kappa shape index (κ2) is 6.73. The fourth-order valence-electron chi connectivity index (χ4n) is 3.11. The summed E-state index contributed by atoms with van der Waals surface area (Å²) in [6.07, 6.45) is 9.82. The lowest BCUT2D eigenvalue weighted by Crippen LogP contribution is -2.09. The summed E-state index contributed by atoms with van der Waals surface area (Å²) in [5.41, 5.74) is 8.53. The third-order valence-electron chi connectivity index (χ3n) is 4.39. The molecule has 0 amide bonds. The van der Waals surface area contributed by atoms with Crippen LogP contribution in [0.1, 0.15) is 32.1 Å². The molecule has 4 rings (SSSR count). The van der Waals surface area contributed by atoms with Crippen LogP contribution >= 0.6 is 11.8 Å². The fraction of sp³-hybridized carbons (Fsp3) is 0.333. The maximum atomic E-state index is 5.84. The highest BCUT2D eigenvalue weighted by molar-refractivity contribution is 7.99. The van der Waals surface area contributed by atoms with E-state index >= 15 is 0 Å². The quantitative estimate of drug-likeness (QED) is 0.706. The highest BCUT2D eigenvalue weighted by Crippen LogP contribution is 2.35. The number of aromatic nitrogens is 3. The molecule has 1 aliphatic carbocycles. The highest BCUT2D eigenvalue weighted by atomic mass is 32.2. The van der Waals surface area contributed by atoms with Gasteiger partial charge in [-0.3, -0.25) is 4.57 Å². The molecule has 0 radical (unpaired) electrons. The third-order valence-corrected chi connectivity index (χ3v) is 5.67. The second-order valence-corrected chi connectivity index (χ2v) is 7.39. The molecule has 0 aliphatic heterocycles. The normalized spacial score (nSPS) is 15.7. The van der Waals surface area contributed by atoms with Crippen molar-refractivity contribution in [3.63, 3.8) is 0 Å². The Morgan fingerprint density at radius 2 is 1.83 bits per heavy atom. The number of nitrogen functional groups attached to an aromatic ring is 1. The Morgan fingerprint density at radius 3 is 2.54 bits per heavy atom. The molecule has 6 heteroatoms. The van der Waals surface area contributed by atoms with Crippen molar-refractivity contribution in [2.45, 2.75) is 42.5 Å². The fourth-order valence-corrected chi connectivity index (χ4v) is 4.37. The van der Waals surface area contributed by atoms with E-state index < -0.39 is 0 Å². The first-order valence-electron chi connectivity index (χ1n) is 8.32. The average molecular weight is 340 g/mol. The van der Waals surface area contributed by atoms with Crippen LogP contribution in [0.25, 0.3) is 17.1 Å². The maximum absolute atomic E-state index is 5.84. The van der Waals surface area contributed by atoms with E-state index in [4.69, 9.17) is 10.2 Å². The Labute approximate surface area is 145 Å². The summed E-state index contributed by atoms with van der Waals surface area (Å²) < 4.78 is 7.33. The van der Waals surface area contributed by atoms with Gasteiger partial charge < -0.3 is 10.2 Å². The Morgan fingerprint density at radius 1 is 1.04 bits per heavy atom. The molecular formula is C18H20N4OS. The van der Waals surface area contributed by atoms with Gasteiger partial charge in [0.05, 0.1) is 11.8 Å². The average Bonchev–Trinajstić information content (AvgIpc) is 3.26. The summed E-state index contributed by atoms with van der Waals surface area (Å²) in [6, 6.07) is 9.74. The van der Waals surface area contributed by atoms with Crippen LogP contribution in [0.2, 0.25) is 0 Å². The van der Waals surface area contributed by atoms with Gasteiger partial charge in [0.25, 0.3) is 0 Å². The molecule has 2 N–H and O–H groups in total. The second-order valence-electron chi connectivity index (χ2n) is 6.12. The molecule has 24 heavy (non-hydrogen) atoms. The van der Waals surface area contributed by atoms with Gasteiger partial charge in [-0.15, -0.1) is 10.2 Å². The zero-order chi connectivity index (χ0) is 16.4. The molecule has 1 fully saturated rings. The van der Waals surface area contributed by atoms with Crippen molar-refractivity contribution >= 4 is 17.4 Å². The van der Waals surface area contributed by atoms with Crippen molar-refractivity contribution in [1.29, 1.82) is 0 Å². The molecule has 0 bridgehead atoms. The Kier molecular flexibility index (Phi) is 4.30. The lowest BCUT2D eigenvalue weighted by Gasteiger charge is -2.20. The Bertz CT molecular complexity index is 789. The number of nitrogens with zero attached hydrogens (tertiary/aromatic N) is 3. The SMILES string of the molecule is Nc1ccc(-n2c(SC3CCCCC3)nnc2-c2ccoc2)cc1. The number of benzene rings is 1. The van der Waals surface area contributed by atoms with Gasteiger partial charge in [0, 0.05) is 16.6 Å². The molecule has 1 aliphatic rings. The van der Waals surface area contributed by atoms with Crippen molar-refractivity contribution < 1.29 is 4.42 Å². The summed E-state index contributed by atoms with van der Waals surface area (Å²) in [6.45, 7) is 0. The van der Waals surface area contributed by atoms with Gasteiger partial charge >= 0.3 is 0 Å². The zero-order valence-corrected chi connectivity index (χ0v) is 14.2. The Balaban J connectivity index is 1.74. The van der Waals surface area contributed by atoms with Crippen molar-refractivity contribution in [1.82, 2.24) is 14.8 Å². The van der Waals surface area contributed by atoms with E-state index in [9.17, 15) is 0 Å². The maximum Gasteiger partial charge on any atom is 0.196 e. The monoisotopic (exact) mass is 340 g/mol. The van der Waals surface area contributed by atoms with Crippen molar-refractivity contribution in [2.24, 2.45) is 0 Å². The molecule has 1 saturated carbocycles. The molecule has 1 aromatic carbocycles. The number of furan rings is 1. The summed E-state index contributed by atoms with van der Waals surface area (Å²) >= 11 is 1.84. The van der Waals surface area contributed by atoms with E-state index in [1.807, 2.05) is 42.1 Å². The lowest BCUT2D eigenvalue weighted by atomic mass is 10.0. The van der Waals surface area contributed by atoms with Gasteiger partial charge in [0.15, 0.2) is 11.0 Å². The molecule has 2 heterocycles. The molecule has 2 aromatic heterocycles. The van der Waals surface area contributed by atoms with Gasteiger partial charge in [0.1, 0.15) is 6.26 Å². The summed E-state index contributed by atoms with van der Waals surface area (Å²) in [4.78, 5) is 0. The van der Waals surface area contributed by atoms with E-state index in [-0.39, 0.29) is 0 Å². The standard InChI is InChI=1S/C18H20N4OS/c19-14-6-8-15(9-7-14)22-17(13-10-11-23-12-13)20-21-18(22)24-16-4-2-1-3-5-16/h6-12,16H,1-5,19H2. The van der Waals surface area contributed by atoms with E-state index in [1.54, 1.807) is 12.5 Å². The molecule has 124 valence electrons. The molecule has 0 atom stereocenters. The van der Waals surface area contributed by atoms with Crippen molar-refractivity contribution in [3.05, 3.63) is 42.9 Å². The van der Waals surface area contributed by atoms with Crippen molar-refractivity contribution in [3.8, 4) is 17.1 Å². The zero-order valence-electron chi connectivity index (χ0n) is 13.4. The molecule has 0 spiro atoms. The first-order chi connectivity index (χ1) is 11.8. The van der Waals surface area contributed by atoms with Gasteiger partial charge in [-0.25, -0.2) is 0 Å². The lowest BCUT2D eigenvalue weighted by molar-refractivity contribution is 0.515. The van der Waals surface area contributed by atoms with Crippen LogP contribution in [-0.2, 0) is 0 Å².